The number of hydrogen-bond acceptors (Lipinski definition) is 9. The summed E-state index contributed by atoms with van der Waals surface area (Å²) < 4.78 is 18.2. The average Bonchev–Trinajstić information content (AvgIpc) is 3.46. The normalized spacial score (nSPS) is 21.5. The van der Waals surface area contributed by atoms with Gasteiger partial charge in [0.15, 0.2) is 17.1 Å². The Kier molecular flexibility index (Phi) is 13.0. The molecule has 1 aliphatic carbocycles. The number of amides is 1. The number of piperazine rings is 1. The van der Waals surface area contributed by atoms with Gasteiger partial charge in [0.2, 0.25) is 0 Å². The highest BCUT2D eigenvalue weighted by Crippen LogP contribution is 2.41. The molecule has 2 aliphatic rings. The number of pyridine rings is 1. The Morgan fingerprint density at radius 3 is 2.61 bits per heavy atom. The molecule has 0 unspecified atom stereocenters. The summed E-state index contributed by atoms with van der Waals surface area (Å²) in [5.41, 5.74) is 0.990. The molecule has 1 amide bonds. The van der Waals surface area contributed by atoms with Gasteiger partial charge in [-0.1, -0.05) is 43.2 Å². The Hall–Kier alpha value is -3.22. The predicted octanol–water partition coefficient (Wildman–Crippen LogP) is 3.95. The standard InChI is InChI=1S/C31H39N5O6.2ClH/c1-40-20-31(39)14-7-6-12-25(31)36-21-34-27(28(36)22-9-4-3-5-10-22)29(37)35-17-16-32-19-23(35)13-18-42-24-11-8-15-33-26(24)30(38)41-2;;/h3-5,8-11,15,21,23,25,32,39H,6-7,12-14,16-20H2,1-2H3;2*1H/t23-,25-,31-;;/m1../s1. The Bertz CT molecular complexity index is 1370. The largest absolute Gasteiger partial charge is 0.491 e. The number of imidazole rings is 1. The molecule has 240 valence electrons. The second-order valence-electron chi connectivity index (χ2n) is 10.8. The summed E-state index contributed by atoms with van der Waals surface area (Å²) in [6.45, 7) is 2.26. The van der Waals surface area contributed by atoms with Crippen molar-refractivity contribution in [3.63, 3.8) is 0 Å². The van der Waals surface area contributed by atoms with Crippen molar-refractivity contribution in [2.75, 3.05) is 47.1 Å². The number of rotatable bonds is 10. The summed E-state index contributed by atoms with van der Waals surface area (Å²) >= 11 is 0. The van der Waals surface area contributed by atoms with Crippen LogP contribution in [0, 0.1) is 0 Å². The molecule has 3 heterocycles. The molecule has 3 aromatic rings. The minimum atomic E-state index is -1.05. The van der Waals surface area contributed by atoms with Crippen LogP contribution < -0.4 is 10.1 Å². The lowest BCUT2D eigenvalue weighted by Crippen LogP contribution is -2.54. The maximum atomic E-state index is 14.2. The molecule has 0 radical (unpaired) electrons. The number of hydrogen-bond donors (Lipinski definition) is 2. The maximum absolute atomic E-state index is 14.2. The van der Waals surface area contributed by atoms with E-state index >= 15 is 0 Å². The van der Waals surface area contributed by atoms with E-state index in [2.05, 4.69) is 15.3 Å². The van der Waals surface area contributed by atoms with Gasteiger partial charge in [0.25, 0.3) is 5.91 Å². The first-order valence-corrected chi connectivity index (χ1v) is 14.5. The minimum Gasteiger partial charge on any atom is -0.491 e. The highest BCUT2D eigenvalue weighted by atomic mass is 35.5. The number of halogens is 2. The Labute approximate surface area is 270 Å². The van der Waals surface area contributed by atoms with Crippen molar-refractivity contribution in [1.82, 2.24) is 24.8 Å². The molecule has 1 saturated heterocycles. The van der Waals surface area contributed by atoms with Gasteiger partial charge in [-0.15, -0.1) is 24.8 Å². The SMILES string of the molecule is COC[C@]1(O)CCCC[C@H]1n1cnc(C(=O)N2CCNC[C@H]2CCOc2cccnc2C(=O)OC)c1-c1ccccc1.Cl.Cl. The maximum Gasteiger partial charge on any atom is 0.360 e. The van der Waals surface area contributed by atoms with Gasteiger partial charge in [-0.25, -0.2) is 14.8 Å². The molecule has 1 saturated carbocycles. The van der Waals surface area contributed by atoms with Crippen LogP contribution in [0.25, 0.3) is 11.3 Å². The van der Waals surface area contributed by atoms with Crippen molar-refractivity contribution in [1.29, 1.82) is 0 Å². The third kappa shape index (κ3) is 7.52. The van der Waals surface area contributed by atoms with Gasteiger partial charge in [0.1, 0.15) is 5.60 Å². The summed E-state index contributed by atoms with van der Waals surface area (Å²) in [5, 5.41) is 15.0. The van der Waals surface area contributed by atoms with Crippen LogP contribution in [0.3, 0.4) is 0 Å². The second-order valence-corrected chi connectivity index (χ2v) is 10.8. The number of aliphatic hydroxyl groups is 1. The highest BCUT2D eigenvalue weighted by molar-refractivity contribution is 5.98. The zero-order valence-corrected chi connectivity index (χ0v) is 26.6. The van der Waals surface area contributed by atoms with Gasteiger partial charge in [-0.3, -0.25) is 4.79 Å². The summed E-state index contributed by atoms with van der Waals surface area (Å²) in [4.78, 5) is 36.9. The molecule has 3 atom stereocenters. The molecule has 2 N–H and O–H groups in total. The number of methoxy groups -OCH3 is 2. The van der Waals surface area contributed by atoms with Crippen molar-refractivity contribution in [3.8, 4) is 17.0 Å². The predicted molar refractivity (Wildman–Crippen MR) is 170 cm³/mol. The summed E-state index contributed by atoms with van der Waals surface area (Å²) in [5.74, 6) is -0.393. The van der Waals surface area contributed by atoms with Gasteiger partial charge >= 0.3 is 5.97 Å². The number of ether oxygens (including phenoxy) is 3. The first-order valence-electron chi connectivity index (χ1n) is 14.5. The number of nitrogens with one attached hydrogen (secondary N) is 1. The Morgan fingerprint density at radius 2 is 1.86 bits per heavy atom. The highest BCUT2D eigenvalue weighted by Gasteiger charge is 2.42. The van der Waals surface area contributed by atoms with E-state index in [4.69, 9.17) is 14.2 Å². The number of carbonyl (C=O) groups is 2. The van der Waals surface area contributed by atoms with Gasteiger partial charge in [0, 0.05) is 51.0 Å². The molecule has 0 bridgehead atoms. The third-order valence-electron chi connectivity index (χ3n) is 8.20. The number of esters is 1. The molecule has 5 rings (SSSR count). The number of aromatic nitrogens is 3. The molecular weight excluding hydrogens is 609 g/mol. The van der Waals surface area contributed by atoms with E-state index in [1.54, 1.807) is 25.6 Å². The molecule has 1 aromatic carbocycles. The quantitative estimate of drug-likeness (QED) is 0.314. The van der Waals surface area contributed by atoms with Gasteiger partial charge in [-0.2, -0.15) is 0 Å². The minimum absolute atomic E-state index is 0. The Balaban J connectivity index is 0.00000264. The van der Waals surface area contributed by atoms with E-state index < -0.39 is 11.6 Å². The van der Waals surface area contributed by atoms with Crippen LogP contribution in [0.1, 0.15) is 59.1 Å². The first-order chi connectivity index (χ1) is 20.5. The van der Waals surface area contributed by atoms with E-state index in [1.165, 1.54) is 13.3 Å². The topological polar surface area (TPSA) is 128 Å². The zero-order chi connectivity index (χ0) is 29.5. The molecule has 2 fully saturated rings. The molecule has 13 heteroatoms. The zero-order valence-electron chi connectivity index (χ0n) is 25.0. The van der Waals surface area contributed by atoms with Crippen molar-refractivity contribution in [2.24, 2.45) is 0 Å². The summed E-state index contributed by atoms with van der Waals surface area (Å²) in [6.07, 6.45) is 7.02. The fourth-order valence-corrected chi connectivity index (χ4v) is 6.14. The average molecular weight is 651 g/mol. The lowest BCUT2D eigenvalue weighted by atomic mass is 9.80. The number of benzene rings is 1. The van der Waals surface area contributed by atoms with Gasteiger partial charge in [0.05, 0.1) is 38.4 Å². The van der Waals surface area contributed by atoms with Crippen LogP contribution in [-0.2, 0) is 9.47 Å². The van der Waals surface area contributed by atoms with Crippen LogP contribution in [0.15, 0.2) is 55.0 Å². The summed E-state index contributed by atoms with van der Waals surface area (Å²) in [6, 6.07) is 12.7. The van der Waals surface area contributed by atoms with E-state index in [1.807, 2.05) is 39.8 Å². The van der Waals surface area contributed by atoms with E-state index in [0.717, 1.165) is 24.8 Å². The fourth-order valence-electron chi connectivity index (χ4n) is 6.14. The summed E-state index contributed by atoms with van der Waals surface area (Å²) in [7, 11) is 2.90. The number of nitrogens with zero attached hydrogens (tertiary/aromatic N) is 4. The molecular formula is C31H41Cl2N5O6. The van der Waals surface area contributed by atoms with Crippen molar-refractivity contribution >= 4 is 36.7 Å². The Morgan fingerprint density at radius 1 is 1.07 bits per heavy atom. The van der Waals surface area contributed by atoms with Crippen LogP contribution >= 0.6 is 24.8 Å². The first kappa shape index (κ1) is 35.3. The monoisotopic (exact) mass is 649 g/mol. The van der Waals surface area contributed by atoms with Gasteiger partial charge in [-0.05, 0) is 25.0 Å². The van der Waals surface area contributed by atoms with E-state index in [0.29, 0.717) is 49.6 Å². The van der Waals surface area contributed by atoms with Crippen molar-refractivity contribution < 1.29 is 28.9 Å². The molecule has 0 spiro atoms. The molecule has 44 heavy (non-hydrogen) atoms. The number of carbonyl (C=O) groups excluding carboxylic acids is 2. The third-order valence-corrected chi connectivity index (χ3v) is 8.20. The van der Waals surface area contributed by atoms with Crippen molar-refractivity contribution in [2.45, 2.75) is 49.8 Å². The van der Waals surface area contributed by atoms with E-state index in [-0.39, 0.29) is 61.7 Å². The molecule has 11 nitrogen and oxygen atoms in total. The van der Waals surface area contributed by atoms with Gasteiger partial charge < -0.3 is 34.1 Å². The fraction of sp³-hybridized carbons (Fsp3) is 0.484. The van der Waals surface area contributed by atoms with Crippen LogP contribution in [0.5, 0.6) is 5.75 Å². The van der Waals surface area contributed by atoms with Crippen LogP contribution in [0.2, 0.25) is 0 Å². The second kappa shape index (κ2) is 16.2. The van der Waals surface area contributed by atoms with Crippen LogP contribution in [-0.4, -0.2) is 95.1 Å². The smallest absolute Gasteiger partial charge is 0.360 e. The van der Waals surface area contributed by atoms with Crippen LogP contribution in [0.4, 0.5) is 0 Å². The molecule has 1 aliphatic heterocycles. The lowest BCUT2D eigenvalue weighted by molar-refractivity contribution is -0.0893. The van der Waals surface area contributed by atoms with E-state index in [9.17, 15) is 14.7 Å². The lowest BCUT2D eigenvalue weighted by Gasteiger charge is -2.41. The van der Waals surface area contributed by atoms with Crippen molar-refractivity contribution in [3.05, 3.63) is 66.4 Å². The molecule has 2 aromatic heterocycles.